The number of amides is 1. The van der Waals surface area contributed by atoms with Crippen LogP contribution in [-0.4, -0.2) is 19.1 Å². The number of primary amides is 1. The number of hydrogen-bond acceptors (Lipinski definition) is 3. The van der Waals surface area contributed by atoms with Crippen LogP contribution in [0.3, 0.4) is 0 Å². The van der Waals surface area contributed by atoms with Crippen molar-refractivity contribution in [2.45, 2.75) is 32.4 Å². The highest BCUT2D eigenvalue weighted by Gasteiger charge is 2.34. The topological polar surface area (TPSA) is 64.3 Å². The predicted molar refractivity (Wildman–Crippen MR) is 67.8 cm³/mol. The first-order valence-electron chi connectivity index (χ1n) is 5.73. The van der Waals surface area contributed by atoms with Crippen molar-refractivity contribution in [1.29, 1.82) is 0 Å². The van der Waals surface area contributed by atoms with Crippen LogP contribution in [0, 0.1) is 5.82 Å². The molecule has 0 saturated heterocycles. The standard InChI is InChI=1S/C13H19FN2O2/c1-8(2)16-13(3,12(15)17)9-5-6-11(18-4)10(14)7-9/h5-8,16H,1-4H3,(H2,15,17). The van der Waals surface area contributed by atoms with Gasteiger partial charge in [-0.2, -0.15) is 0 Å². The van der Waals surface area contributed by atoms with Crippen LogP contribution in [0.1, 0.15) is 26.3 Å². The van der Waals surface area contributed by atoms with E-state index in [0.717, 1.165) is 0 Å². The molecular formula is C13H19FN2O2. The summed E-state index contributed by atoms with van der Waals surface area (Å²) in [6, 6.07) is 4.40. The van der Waals surface area contributed by atoms with Crippen molar-refractivity contribution in [1.82, 2.24) is 5.32 Å². The minimum absolute atomic E-state index is 0.0349. The number of carbonyl (C=O) groups excluding carboxylic acids is 1. The van der Waals surface area contributed by atoms with Crippen LogP contribution in [0.2, 0.25) is 0 Å². The van der Waals surface area contributed by atoms with Crippen LogP contribution < -0.4 is 15.8 Å². The Labute approximate surface area is 106 Å². The summed E-state index contributed by atoms with van der Waals surface area (Å²) < 4.78 is 18.5. The fourth-order valence-corrected chi connectivity index (χ4v) is 1.85. The Morgan fingerprint density at radius 1 is 1.50 bits per heavy atom. The highest BCUT2D eigenvalue weighted by molar-refractivity contribution is 5.85. The van der Waals surface area contributed by atoms with E-state index in [4.69, 9.17) is 10.5 Å². The van der Waals surface area contributed by atoms with Gasteiger partial charge in [0.05, 0.1) is 7.11 Å². The average Bonchev–Trinajstić information content (AvgIpc) is 2.27. The number of carbonyl (C=O) groups is 1. The van der Waals surface area contributed by atoms with Crippen molar-refractivity contribution in [2.75, 3.05) is 7.11 Å². The summed E-state index contributed by atoms with van der Waals surface area (Å²) in [5, 5.41) is 3.05. The number of hydrogen-bond donors (Lipinski definition) is 2. The highest BCUT2D eigenvalue weighted by Crippen LogP contribution is 2.26. The molecule has 1 aromatic rings. The molecule has 0 saturated carbocycles. The Hall–Kier alpha value is -1.62. The molecule has 0 aromatic heterocycles. The van der Waals surface area contributed by atoms with Crippen molar-refractivity contribution in [3.05, 3.63) is 29.6 Å². The van der Waals surface area contributed by atoms with E-state index in [2.05, 4.69) is 5.32 Å². The first-order valence-corrected chi connectivity index (χ1v) is 5.73. The maximum Gasteiger partial charge on any atom is 0.242 e. The number of halogens is 1. The lowest BCUT2D eigenvalue weighted by atomic mass is 9.90. The fraction of sp³-hybridized carbons (Fsp3) is 0.462. The van der Waals surface area contributed by atoms with E-state index in [0.29, 0.717) is 5.56 Å². The number of ether oxygens (including phenoxy) is 1. The van der Waals surface area contributed by atoms with Gasteiger partial charge in [0.15, 0.2) is 11.6 Å². The van der Waals surface area contributed by atoms with E-state index in [9.17, 15) is 9.18 Å². The first kappa shape index (κ1) is 14.4. The van der Waals surface area contributed by atoms with Crippen molar-refractivity contribution in [3.8, 4) is 5.75 Å². The fourth-order valence-electron chi connectivity index (χ4n) is 1.85. The van der Waals surface area contributed by atoms with Crippen LogP contribution in [0.25, 0.3) is 0 Å². The molecule has 0 bridgehead atoms. The number of benzene rings is 1. The molecule has 0 heterocycles. The van der Waals surface area contributed by atoms with Gasteiger partial charge in [0.25, 0.3) is 0 Å². The molecule has 0 spiro atoms. The third-order valence-corrected chi connectivity index (χ3v) is 2.80. The summed E-state index contributed by atoms with van der Waals surface area (Å²) in [5.74, 6) is -0.941. The van der Waals surface area contributed by atoms with Crippen LogP contribution in [-0.2, 0) is 10.3 Å². The summed E-state index contributed by atoms with van der Waals surface area (Å²) in [6.45, 7) is 5.42. The van der Waals surface area contributed by atoms with Gasteiger partial charge in [-0.1, -0.05) is 6.07 Å². The maximum atomic E-state index is 13.7. The second-order valence-electron chi connectivity index (χ2n) is 4.64. The third kappa shape index (κ3) is 2.79. The average molecular weight is 254 g/mol. The lowest BCUT2D eigenvalue weighted by molar-refractivity contribution is -0.124. The number of nitrogens with two attached hydrogens (primary N) is 1. The summed E-state index contributed by atoms with van der Waals surface area (Å²) in [4.78, 5) is 11.6. The zero-order valence-corrected chi connectivity index (χ0v) is 11.1. The number of methoxy groups -OCH3 is 1. The maximum absolute atomic E-state index is 13.7. The SMILES string of the molecule is COc1ccc(C(C)(NC(C)C)C(N)=O)cc1F. The second kappa shape index (κ2) is 5.35. The molecule has 1 aromatic carbocycles. The summed E-state index contributed by atoms with van der Waals surface area (Å²) >= 11 is 0. The van der Waals surface area contributed by atoms with Crippen LogP contribution in [0.5, 0.6) is 5.75 Å². The molecule has 100 valence electrons. The highest BCUT2D eigenvalue weighted by atomic mass is 19.1. The Kier molecular flexibility index (Phi) is 4.29. The van der Waals surface area contributed by atoms with Gasteiger partial charge in [0.1, 0.15) is 5.54 Å². The largest absolute Gasteiger partial charge is 0.494 e. The van der Waals surface area contributed by atoms with E-state index >= 15 is 0 Å². The minimum atomic E-state index is -1.11. The summed E-state index contributed by atoms with van der Waals surface area (Å²) in [6.07, 6.45) is 0. The van der Waals surface area contributed by atoms with Crippen LogP contribution in [0.15, 0.2) is 18.2 Å². The van der Waals surface area contributed by atoms with Gasteiger partial charge in [-0.05, 0) is 38.5 Å². The lowest BCUT2D eigenvalue weighted by Gasteiger charge is -2.30. The van der Waals surface area contributed by atoms with E-state index in [1.165, 1.54) is 19.2 Å². The number of rotatable bonds is 5. The molecule has 3 N–H and O–H groups in total. The van der Waals surface area contributed by atoms with Crippen molar-refractivity contribution < 1.29 is 13.9 Å². The van der Waals surface area contributed by atoms with Crippen LogP contribution in [0.4, 0.5) is 4.39 Å². The minimum Gasteiger partial charge on any atom is -0.494 e. The molecular weight excluding hydrogens is 235 g/mol. The van der Waals surface area contributed by atoms with Gasteiger partial charge in [-0.15, -0.1) is 0 Å². The summed E-state index contributed by atoms with van der Waals surface area (Å²) in [5.41, 5.74) is 4.78. The molecule has 0 radical (unpaired) electrons. The molecule has 0 aliphatic rings. The van der Waals surface area contributed by atoms with Gasteiger partial charge in [-0.25, -0.2) is 4.39 Å². The molecule has 0 aliphatic heterocycles. The second-order valence-corrected chi connectivity index (χ2v) is 4.64. The van der Waals surface area contributed by atoms with E-state index in [-0.39, 0.29) is 11.8 Å². The van der Waals surface area contributed by atoms with Crippen molar-refractivity contribution in [3.63, 3.8) is 0 Å². The van der Waals surface area contributed by atoms with Gasteiger partial charge in [-0.3, -0.25) is 10.1 Å². The predicted octanol–water partition coefficient (Wildman–Crippen LogP) is 1.53. The molecule has 1 atom stereocenters. The Bertz CT molecular complexity index is 449. The Morgan fingerprint density at radius 3 is 2.50 bits per heavy atom. The Balaban J connectivity index is 3.22. The third-order valence-electron chi connectivity index (χ3n) is 2.80. The summed E-state index contributed by atoms with van der Waals surface area (Å²) in [7, 11) is 1.39. The van der Waals surface area contributed by atoms with Gasteiger partial charge in [0, 0.05) is 6.04 Å². The van der Waals surface area contributed by atoms with E-state index in [1.807, 2.05) is 13.8 Å². The molecule has 5 heteroatoms. The zero-order chi connectivity index (χ0) is 13.9. The van der Waals surface area contributed by atoms with Crippen molar-refractivity contribution in [2.24, 2.45) is 5.73 Å². The van der Waals surface area contributed by atoms with Gasteiger partial charge in [0.2, 0.25) is 5.91 Å². The quantitative estimate of drug-likeness (QED) is 0.837. The van der Waals surface area contributed by atoms with Crippen molar-refractivity contribution >= 4 is 5.91 Å². The zero-order valence-electron chi connectivity index (χ0n) is 11.1. The smallest absolute Gasteiger partial charge is 0.242 e. The molecule has 1 unspecified atom stereocenters. The van der Waals surface area contributed by atoms with E-state index in [1.54, 1.807) is 13.0 Å². The monoisotopic (exact) mass is 254 g/mol. The Morgan fingerprint density at radius 2 is 2.11 bits per heavy atom. The first-order chi connectivity index (χ1) is 8.31. The number of nitrogens with one attached hydrogen (secondary N) is 1. The lowest BCUT2D eigenvalue weighted by Crippen LogP contribution is -2.52. The molecule has 1 amide bonds. The molecule has 0 fully saturated rings. The van der Waals surface area contributed by atoms with Gasteiger partial charge < -0.3 is 10.5 Å². The van der Waals surface area contributed by atoms with E-state index < -0.39 is 17.3 Å². The van der Waals surface area contributed by atoms with Gasteiger partial charge >= 0.3 is 0 Å². The normalized spacial score (nSPS) is 14.3. The van der Waals surface area contributed by atoms with Crippen LogP contribution >= 0.6 is 0 Å². The molecule has 18 heavy (non-hydrogen) atoms. The molecule has 1 rings (SSSR count). The molecule has 4 nitrogen and oxygen atoms in total. The molecule has 0 aliphatic carbocycles.